The molecular weight excluding hydrogens is 256 g/mol. The molecule has 1 aromatic rings. The molecule has 0 aliphatic carbocycles. The van der Waals surface area contributed by atoms with Gasteiger partial charge in [-0.05, 0) is 50.3 Å². The summed E-state index contributed by atoms with van der Waals surface area (Å²) in [5.41, 5.74) is 1.16. The van der Waals surface area contributed by atoms with Crippen LogP contribution in [0.1, 0.15) is 56.5 Å². The molecule has 1 aliphatic heterocycles. The van der Waals surface area contributed by atoms with E-state index in [4.69, 9.17) is 0 Å². The summed E-state index contributed by atoms with van der Waals surface area (Å²) < 4.78 is 4.08. The number of aromatic nitrogens is 2. The van der Waals surface area contributed by atoms with Crippen molar-refractivity contribution >= 4 is 11.5 Å². The van der Waals surface area contributed by atoms with Gasteiger partial charge in [-0.15, -0.1) is 5.10 Å². The molecule has 0 saturated carbocycles. The first kappa shape index (κ1) is 14.9. The molecule has 0 bridgehead atoms. The highest BCUT2D eigenvalue weighted by Gasteiger charge is 2.15. The minimum atomic E-state index is 0.466. The normalized spacial score (nSPS) is 18.9. The van der Waals surface area contributed by atoms with Gasteiger partial charge in [0.05, 0.1) is 10.6 Å². The largest absolute Gasteiger partial charge is 0.308 e. The van der Waals surface area contributed by atoms with Gasteiger partial charge in [-0.1, -0.05) is 24.8 Å². The number of hydrogen-bond donors (Lipinski definition) is 1. The quantitative estimate of drug-likeness (QED) is 0.871. The van der Waals surface area contributed by atoms with Gasteiger partial charge in [0.2, 0.25) is 0 Å². The Morgan fingerprint density at radius 1 is 1.21 bits per heavy atom. The van der Waals surface area contributed by atoms with E-state index in [1.165, 1.54) is 48.8 Å². The Hall–Kier alpha value is -0.520. The summed E-state index contributed by atoms with van der Waals surface area (Å²) in [6.07, 6.45) is 4.13. The van der Waals surface area contributed by atoms with Gasteiger partial charge in [0, 0.05) is 19.1 Å². The minimum Gasteiger partial charge on any atom is -0.308 e. The van der Waals surface area contributed by atoms with Crippen LogP contribution in [0.4, 0.5) is 0 Å². The molecule has 1 aromatic heterocycles. The maximum Gasteiger partial charge on any atom is 0.0826 e. The Balaban J connectivity index is 1.76. The summed E-state index contributed by atoms with van der Waals surface area (Å²) in [5.74, 6) is 0.466. The van der Waals surface area contributed by atoms with E-state index in [0.29, 0.717) is 12.0 Å². The van der Waals surface area contributed by atoms with Crippen LogP contribution in [0.25, 0.3) is 0 Å². The van der Waals surface area contributed by atoms with Crippen LogP contribution in [0.2, 0.25) is 0 Å². The van der Waals surface area contributed by atoms with Crippen LogP contribution < -0.4 is 5.32 Å². The van der Waals surface area contributed by atoms with Crippen LogP contribution in [0, 0.1) is 0 Å². The van der Waals surface area contributed by atoms with Gasteiger partial charge in [-0.3, -0.25) is 0 Å². The van der Waals surface area contributed by atoms with E-state index in [2.05, 4.69) is 40.6 Å². The topological polar surface area (TPSA) is 41.0 Å². The Morgan fingerprint density at radius 3 is 2.63 bits per heavy atom. The maximum absolute atomic E-state index is 4.23. The number of hydrogen-bond acceptors (Lipinski definition) is 5. The third-order valence-corrected chi connectivity index (χ3v) is 4.46. The minimum absolute atomic E-state index is 0.466. The predicted octanol–water partition coefficient (Wildman–Crippen LogP) is 2.63. The smallest absolute Gasteiger partial charge is 0.0826 e. The van der Waals surface area contributed by atoms with E-state index in [9.17, 15) is 0 Å². The molecular formula is C14H26N4S. The van der Waals surface area contributed by atoms with Crippen molar-refractivity contribution in [1.29, 1.82) is 0 Å². The van der Waals surface area contributed by atoms with E-state index >= 15 is 0 Å². The highest BCUT2D eigenvalue weighted by Crippen LogP contribution is 2.19. The first-order valence-corrected chi connectivity index (χ1v) is 8.21. The number of piperidine rings is 1. The molecule has 2 heterocycles. The molecule has 108 valence electrons. The molecule has 1 unspecified atom stereocenters. The molecule has 19 heavy (non-hydrogen) atoms. The number of rotatable bonds is 6. The lowest BCUT2D eigenvalue weighted by atomic mass is 10.1. The standard InChI is InChI=1S/C14H26N4S/c1-11(2)14-13(19-17-16-14)9-15-12(3)10-18-7-5-4-6-8-18/h11-12,15H,4-10H2,1-3H3. The van der Waals surface area contributed by atoms with Gasteiger partial charge >= 0.3 is 0 Å². The van der Waals surface area contributed by atoms with Crippen LogP contribution in [0.5, 0.6) is 0 Å². The summed E-state index contributed by atoms with van der Waals surface area (Å²) in [4.78, 5) is 3.87. The molecule has 0 radical (unpaired) electrons. The van der Waals surface area contributed by atoms with Gasteiger partial charge in [-0.25, -0.2) is 0 Å². The van der Waals surface area contributed by atoms with Gasteiger partial charge < -0.3 is 10.2 Å². The predicted molar refractivity (Wildman–Crippen MR) is 80.6 cm³/mol. The Labute approximate surface area is 120 Å². The van der Waals surface area contributed by atoms with Gasteiger partial charge in [-0.2, -0.15) is 0 Å². The third kappa shape index (κ3) is 4.51. The lowest BCUT2D eigenvalue weighted by Crippen LogP contribution is -2.41. The summed E-state index contributed by atoms with van der Waals surface area (Å²) in [6, 6.07) is 0.528. The summed E-state index contributed by atoms with van der Waals surface area (Å²) >= 11 is 1.53. The van der Waals surface area contributed by atoms with E-state index < -0.39 is 0 Å². The van der Waals surface area contributed by atoms with Crippen molar-refractivity contribution in [3.05, 3.63) is 10.6 Å². The number of nitrogens with zero attached hydrogens (tertiary/aromatic N) is 3. The SMILES string of the molecule is CC(CN1CCCCC1)NCc1snnc1C(C)C. The molecule has 0 amide bonds. The van der Waals surface area contributed by atoms with Gasteiger partial charge in [0.15, 0.2) is 0 Å². The molecule has 1 atom stereocenters. The average molecular weight is 282 g/mol. The molecule has 1 saturated heterocycles. The second kappa shape index (κ2) is 7.31. The van der Waals surface area contributed by atoms with Crippen LogP contribution in [0.15, 0.2) is 0 Å². The summed E-state index contributed by atoms with van der Waals surface area (Å²) in [6.45, 7) is 11.2. The van der Waals surface area contributed by atoms with Crippen LogP contribution in [-0.4, -0.2) is 40.2 Å². The molecule has 0 aromatic carbocycles. The Bertz CT molecular complexity index is 371. The highest BCUT2D eigenvalue weighted by atomic mass is 32.1. The van der Waals surface area contributed by atoms with Crippen LogP contribution in [-0.2, 0) is 6.54 Å². The average Bonchev–Trinajstić information content (AvgIpc) is 2.86. The van der Waals surface area contributed by atoms with Crippen molar-refractivity contribution in [3.63, 3.8) is 0 Å². The number of likely N-dealkylation sites (tertiary alicyclic amines) is 1. The second-order valence-corrected chi connectivity index (χ2v) is 6.72. The zero-order chi connectivity index (χ0) is 13.7. The third-order valence-electron chi connectivity index (χ3n) is 3.72. The Kier molecular flexibility index (Phi) is 5.73. The molecule has 4 nitrogen and oxygen atoms in total. The zero-order valence-corrected chi connectivity index (χ0v) is 13.2. The fourth-order valence-corrected chi connectivity index (χ4v) is 3.38. The van der Waals surface area contributed by atoms with E-state index in [1.54, 1.807) is 0 Å². The summed E-state index contributed by atoms with van der Waals surface area (Å²) in [7, 11) is 0. The molecule has 1 N–H and O–H groups in total. The van der Waals surface area contributed by atoms with Gasteiger partial charge in [0.1, 0.15) is 0 Å². The highest BCUT2D eigenvalue weighted by molar-refractivity contribution is 7.05. The molecule has 5 heteroatoms. The first-order chi connectivity index (χ1) is 9.16. The van der Waals surface area contributed by atoms with Crippen LogP contribution in [0.3, 0.4) is 0 Å². The Morgan fingerprint density at radius 2 is 1.95 bits per heavy atom. The maximum atomic E-state index is 4.23. The molecule has 1 aliphatic rings. The molecule has 1 fully saturated rings. The molecule has 0 spiro atoms. The van der Waals surface area contributed by atoms with Crippen molar-refractivity contribution in [3.8, 4) is 0 Å². The summed E-state index contributed by atoms with van der Waals surface area (Å²) in [5, 5.41) is 7.84. The van der Waals surface area contributed by atoms with Gasteiger partial charge in [0.25, 0.3) is 0 Å². The lowest BCUT2D eigenvalue weighted by molar-refractivity contribution is 0.209. The van der Waals surface area contributed by atoms with E-state index in [-0.39, 0.29) is 0 Å². The fraction of sp³-hybridized carbons (Fsp3) is 0.857. The fourth-order valence-electron chi connectivity index (χ4n) is 2.64. The van der Waals surface area contributed by atoms with E-state index in [0.717, 1.165) is 18.8 Å². The van der Waals surface area contributed by atoms with Crippen molar-refractivity contribution in [2.24, 2.45) is 0 Å². The first-order valence-electron chi connectivity index (χ1n) is 7.43. The molecule has 2 rings (SSSR count). The zero-order valence-electron chi connectivity index (χ0n) is 12.4. The van der Waals surface area contributed by atoms with Crippen molar-refractivity contribution in [1.82, 2.24) is 19.8 Å². The number of nitrogens with one attached hydrogen (secondary N) is 1. The lowest BCUT2D eigenvalue weighted by Gasteiger charge is -2.29. The van der Waals surface area contributed by atoms with Crippen molar-refractivity contribution in [2.75, 3.05) is 19.6 Å². The van der Waals surface area contributed by atoms with E-state index in [1.807, 2.05) is 0 Å². The van der Waals surface area contributed by atoms with Crippen molar-refractivity contribution < 1.29 is 0 Å². The van der Waals surface area contributed by atoms with Crippen molar-refractivity contribution in [2.45, 2.75) is 58.5 Å². The monoisotopic (exact) mass is 282 g/mol. The second-order valence-electron chi connectivity index (χ2n) is 5.88. The van der Waals surface area contributed by atoms with Crippen LogP contribution >= 0.6 is 11.5 Å².